The lowest BCUT2D eigenvalue weighted by Gasteiger charge is -2.37. The number of ether oxygens (including phenoxy) is 2. The average molecular weight is 569 g/mol. The van der Waals surface area contributed by atoms with Gasteiger partial charge in [0.15, 0.2) is 8.32 Å². The maximum absolute atomic E-state index is 12.3. The number of imidazole rings is 1. The third-order valence-electron chi connectivity index (χ3n) is 5.88. The molecule has 0 aromatic carbocycles. The third-order valence-corrected chi connectivity index (χ3v) is 11.5. The number of hydrogen-bond donors (Lipinski definition) is 2. The number of H-pyrrole nitrogens is 1. The topological polar surface area (TPSA) is 108 Å². The van der Waals surface area contributed by atoms with Crippen LogP contribution >= 0.6 is 34.6 Å². The van der Waals surface area contributed by atoms with Crippen LogP contribution in [-0.4, -0.2) is 53.9 Å². The lowest BCUT2D eigenvalue weighted by molar-refractivity contribution is -0.411. The van der Waals surface area contributed by atoms with Gasteiger partial charge in [0.25, 0.3) is 17.5 Å². The summed E-state index contributed by atoms with van der Waals surface area (Å²) in [7, 11) is -1.92. The maximum Gasteiger partial charge on any atom is 0.304 e. The van der Waals surface area contributed by atoms with E-state index < -0.39 is 8.32 Å². The fourth-order valence-electron chi connectivity index (χ4n) is 3.14. The summed E-state index contributed by atoms with van der Waals surface area (Å²) in [6.07, 6.45) is 3.83. The molecule has 3 rings (SSSR count). The first-order chi connectivity index (χ1) is 13.9. The normalized spacial score (nSPS) is 22.8. The Balaban J connectivity index is 1.86. The van der Waals surface area contributed by atoms with Crippen LogP contribution in [0.4, 0.5) is 5.95 Å². The van der Waals surface area contributed by atoms with E-state index in [1.807, 2.05) is 10.8 Å². The minimum atomic E-state index is -1.92. The maximum atomic E-state index is 12.3. The fourth-order valence-corrected chi connectivity index (χ4v) is 5.16. The molecule has 168 valence electrons. The zero-order chi connectivity index (χ0) is 22.3. The van der Waals surface area contributed by atoms with Crippen molar-refractivity contribution in [3.05, 3.63) is 16.7 Å². The van der Waals surface area contributed by atoms with Gasteiger partial charge in [-0.1, -0.05) is 20.8 Å². The SMILES string of the molecule is CSCO[C@H]1C[C@H](n2c[n+](I)c3c(=O)[nH]c(N)nc32)O[C@@H]1CO[Si](C)(C)C(C)(C)C. The Hall–Kier alpha value is -0.673. The highest BCUT2D eigenvalue weighted by Gasteiger charge is 2.44. The molecule has 1 saturated heterocycles. The van der Waals surface area contributed by atoms with Crippen molar-refractivity contribution in [2.24, 2.45) is 0 Å². The number of hydrogen-bond acceptors (Lipinski definition) is 7. The summed E-state index contributed by atoms with van der Waals surface area (Å²) < 4.78 is 22.4. The van der Waals surface area contributed by atoms with Crippen molar-refractivity contribution in [3.8, 4) is 0 Å². The Morgan fingerprint density at radius 3 is 2.83 bits per heavy atom. The number of fused-ring (bicyclic) bond motifs is 1. The molecule has 12 heteroatoms. The van der Waals surface area contributed by atoms with Gasteiger partial charge in [0.05, 0.1) is 18.6 Å². The Kier molecular flexibility index (Phi) is 7.24. The monoisotopic (exact) mass is 568 g/mol. The highest BCUT2D eigenvalue weighted by atomic mass is 127. The predicted octanol–water partition coefficient (Wildman–Crippen LogP) is 2.81. The Morgan fingerprint density at radius 1 is 1.50 bits per heavy atom. The first-order valence-corrected chi connectivity index (χ1v) is 15.1. The van der Waals surface area contributed by atoms with E-state index in [2.05, 4.69) is 66.7 Å². The van der Waals surface area contributed by atoms with Gasteiger partial charge in [-0.3, -0.25) is 9.78 Å². The highest BCUT2D eigenvalue weighted by molar-refractivity contribution is 14.1. The van der Waals surface area contributed by atoms with Gasteiger partial charge < -0.3 is 19.6 Å². The smallest absolute Gasteiger partial charge is 0.304 e. The molecule has 1 aliphatic heterocycles. The molecule has 9 nitrogen and oxygen atoms in total. The molecule has 0 spiro atoms. The molecule has 0 aliphatic carbocycles. The van der Waals surface area contributed by atoms with E-state index in [0.717, 1.165) is 0 Å². The second-order valence-electron chi connectivity index (χ2n) is 9.01. The van der Waals surface area contributed by atoms with Crippen molar-refractivity contribution in [1.82, 2.24) is 14.5 Å². The van der Waals surface area contributed by atoms with Crippen LogP contribution in [0, 0.1) is 0 Å². The lowest BCUT2D eigenvalue weighted by Crippen LogP contribution is -2.44. The predicted molar refractivity (Wildman–Crippen MR) is 129 cm³/mol. The van der Waals surface area contributed by atoms with E-state index in [9.17, 15) is 4.79 Å². The highest BCUT2D eigenvalue weighted by Crippen LogP contribution is 2.38. The summed E-state index contributed by atoms with van der Waals surface area (Å²) in [5.41, 5.74) is 6.43. The molecule has 3 heterocycles. The van der Waals surface area contributed by atoms with E-state index >= 15 is 0 Å². The molecule has 0 bridgehead atoms. The summed E-state index contributed by atoms with van der Waals surface area (Å²) in [5.74, 6) is 0.663. The quantitative estimate of drug-likeness (QED) is 0.301. The average Bonchev–Trinajstić information content (AvgIpc) is 3.18. The van der Waals surface area contributed by atoms with E-state index in [0.29, 0.717) is 30.1 Å². The molecule has 2 aromatic rings. The Morgan fingerprint density at radius 2 is 2.20 bits per heavy atom. The zero-order valence-corrected chi connectivity index (χ0v) is 22.2. The minimum absolute atomic E-state index is 0.0786. The van der Waals surface area contributed by atoms with Crippen LogP contribution in [0.2, 0.25) is 18.1 Å². The number of thioether (sulfide) groups is 1. The first-order valence-electron chi connectivity index (χ1n) is 9.82. The number of nitrogen functional groups attached to an aromatic ring is 1. The van der Waals surface area contributed by atoms with Crippen LogP contribution < -0.4 is 14.1 Å². The molecule has 1 fully saturated rings. The van der Waals surface area contributed by atoms with Gasteiger partial charge in [0.2, 0.25) is 35.0 Å². The number of nitrogens with zero attached hydrogens (tertiary/aromatic N) is 3. The van der Waals surface area contributed by atoms with Crippen molar-refractivity contribution >= 4 is 60.1 Å². The van der Waals surface area contributed by atoms with Crippen LogP contribution in [0.5, 0.6) is 0 Å². The van der Waals surface area contributed by atoms with Gasteiger partial charge in [-0.15, -0.1) is 11.8 Å². The van der Waals surface area contributed by atoms with Crippen molar-refractivity contribution in [1.29, 1.82) is 0 Å². The molecule has 30 heavy (non-hydrogen) atoms. The lowest BCUT2D eigenvalue weighted by atomic mass is 10.2. The van der Waals surface area contributed by atoms with E-state index in [1.54, 1.807) is 20.9 Å². The van der Waals surface area contributed by atoms with Gasteiger partial charge in [-0.25, -0.2) is 0 Å². The molecular formula is C18H31IN5O4SSi+. The number of nitrogens with one attached hydrogen (secondary N) is 1. The second kappa shape index (κ2) is 9.06. The first kappa shape index (κ1) is 24.0. The van der Waals surface area contributed by atoms with E-state index in [-0.39, 0.29) is 35.0 Å². The largest absolute Gasteiger partial charge is 0.414 e. The number of aromatic nitrogens is 4. The van der Waals surface area contributed by atoms with Gasteiger partial charge in [0.1, 0.15) is 6.10 Å². The number of rotatable bonds is 7. The van der Waals surface area contributed by atoms with Crippen molar-refractivity contribution < 1.29 is 16.7 Å². The molecular weight excluding hydrogens is 537 g/mol. The number of nitrogens with two attached hydrogens (primary N) is 1. The summed E-state index contributed by atoms with van der Waals surface area (Å²) in [6.45, 7) is 11.6. The van der Waals surface area contributed by atoms with Crippen LogP contribution in [0.3, 0.4) is 0 Å². The summed E-state index contributed by atoms with van der Waals surface area (Å²) in [4.78, 5) is 19.2. The minimum Gasteiger partial charge on any atom is -0.414 e. The van der Waals surface area contributed by atoms with Crippen molar-refractivity contribution in [2.45, 2.75) is 63.8 Å². The van der Waals surface area contributed by atoms with Gasteiger partial charge in [-0.2, -0.15) is 12.3 Å². The fraction of sp³-hybridized carbons (Fsp3) is 0.722. The Labute approximate surface area is 195 Å². The zero-order valence-electron chi connectivity index (χ0n) is 18.3. The van der Waals surface area contributed by atoms with Crippen molar-refractivity contribution in [3.63, 3.8) is 0 Å². The molecule has 2 aromatic heterocycles. The molecule has 3 atom stereocenters. The van der Waals surface area contributed by atoms with E-state index in [4.69, 9.17) is 19.6 Å². The summed E-state index contributed by atoms with van der Waals surface area (Å²) in [6, 6.07) is 0. The van der Waals surface area contributed by atoms with Crippen LogP contribution in [0.1, 0.15) is 33.4 Å². The summed E-state index contributed by atoms with van der Waals surface area (Å²) in [5, 5.41) is 0.118. The van der Waals surface area contributed by atoms with Gasteiger partial charge in [-0.05, 0) is 24.4 Å². The van der Waals surface area contributed by atoms with Crippen molar-refractivity contribution in [2.75, 3.05) is 24.5 Å². The Bertz CT molecular complexity index is 960. The number of anilines is 1. The summed E-state index contributed by atoms with van der Waals surface area (Å²) >= 11 is 3.69. The molecule has 0 saturated carbocycles. The second-order valence-corrected chi connectivity index (χ2v) is 15.7. The molecule has 0 radical (unpaired) electrons. The van der Waals surface area contributed by atoms with Gasteiger partial charge >= 0.3 is 5.56 Å². The standard InChI is InChI=1S/C18H30IN5O4SSi/c1-18(2,3)30(5,6)27-8-12-11(26-10-29-4)7-13(28-12)23-9-24(19)14-15(23)21-17(20)22-16(14)25/h9,11-13H,7-8,10H2,1-6H3,(H2-,20,21,22,25)/p+1/t11-,12+,13+/m0/s1. The van der Waals surface area contributed by atoms with E-state index in [1.165, 1.54) is 0 Å². The number of halogens is 1. The molecule has 3 N–H and O–H groups in total. The van der Waals surface area contributed by atoms with Crippen LogP contribution in [-0.2, 0) is 13.9 Å². The van der Waals surface area contributed by atoms with Gasteiger partial charge in [0, 0.05) is 6.42 Å². The number of aromatic amines is 1. The van der Waals surface area contributed by atoms with Crippen LogP contribution in [0.15, 0.2) is 11.1 Å². The van der Waals surface area contributed by atoms with Crippen LogP contribution in [0.25, 0.3) is 11.2 Å². The molecule has 0 amide bonds. The molecule has 0 unspecified atom stereocenters. The molecule has 1 aliphatic rings. The third kappa shape index (κ3) is 4.88.